The van der Waals surface area contributed by atoms with Crippen LogP contribution in [0, 0.1) is 0 Å². The van der Waals surface area contributed by atoms with E-state index < -0.39 is 119 Å². The first-order valence-corrected chi connectivity index (χ1v) is 12.7. The molecule has 2 aliphatic rings. The van der Waals surface area contributed by atoms with Crippen LogP contribution in [0.4, 0.5) is 0 Å². The molecule has 0 spiro atoms. The van der Waals surface area contributed by atoms with Crippen LogP contribution >= 0.6 is 0 Å². The number of fused-ring (bicyclic) bond motifs is 1. The summed E-state index contributed by atoms with van der Waals surface area (Å²) in [5.74, 6) is -5.96. The van der Waals surface area contributed by atoms with E-state index in [1.54, 1.807) is 0 Å². The van der Waals surface area contributed by atoms with Gasteiger partial charge in [0.15, 0.2) is 17.1 Å². The minimum Gasteiger partial charge on any atom is -0.508 e. The highest BCUT2D eigenvalue weighted by atomic mass is 16.7. The first kappa shape index (κ1) is 30.5. The maximum Gasteiger partial charge on any atom is 0.239 e. The first-order chi connectivity index (χ1) is 20.3. The van der Waals surface area contributed by atoms with Crippen molar-refractivity contribution in [2.75, 3.05) is 13.2 Å². The third-order valence-electron chi connectivity index (χ3n) is 7.08. The summed E-state index contributed by atoms with van der Waals surface area (Å²) in [5.41, 5.74) is -2.02. The Morgan fingerprint density at radius 2 is 1.37 bits per heavy atom. The van der Waals surface area contributed by atoms with Gasteiger partial charge in [-0.25, -0.2) is 0 Å². The molecule has 17 heteroatoms. The van der Waals surface area contributed by atoms with E-state index >= 15 is 0 Å². The maximum absolute atomic E-state index is 13.4. The Morgan fingerprint density at radius 1 is 0.744 bits per heavy atom. The predicted molar refractivity (Wildman–Crippen MR) is 137 cm³/mol. The lowest BCUT2D eigenvalue weighted by atomic mass is 9.99. The van der Waals surface area contributed by atoms with Gasteiger partial charge in [-0.2, -0.15) is 0 Å². The van der Waals surface area contributed by atoms with E-state index in [0.29, 0.717) is 0 Å². The molecule has 1 aromatic heterocycles. The zero-order valence-electron chi connectivity index (χ0n) is 21.8. The fraction of sp³-hybridized carbons (Fsp3) is 0.423. The topological polar surface area (TPSA) is 290 Å². The van der Waals surface area contributed by atoms with Crippen molar-refractivity contribution < 1.29 is 79.5 Å². The molecule has 2 saturated heterocycles. The molecule has 234 valence electrons. The number of ether oxygens (including phenoxy) is 4. The average molecular weight is 612 g/mol. The molecule has 3 aromatic rings. The van der Waals surface area contributed by atoms with Crippen LogP contribution in [0.5, 0.6) is 34.5 Å². The molecule has 0 radical (unpaired) electrons. The summed E-state index contributed by atoms with van der Waals surface area (Å²) in [6, 6.07) is 4.93. The number of aromatic hydroxyl groups is 4. The van der Waals surface area contributed by atoms with Gasteiger partial charge in [-0.05, 0) is 24.3 Å². The lowest BCUT2D eigenvalue weighted by Gasteiger charge is -2.39. The Labute approximate surface area is 239 Å². The fourth-order valence-electron chi connectivity index (χ4n) is 4.65. The second kappa shape index (κ2) is 11.6. The Balaban J connectivity index is 1.70. The zero-order valence-corrected chi connectivity index (χ0v) is 21.8. The molecule has 11 N–H and O–H groups in total. The minimum atomic E-state index is -2.02. The summed E-state index contributed by atoms with van der Waals surface area (Å²) in [7, 11) is 0. The van der Waals surface area contributed by atoms with Gasteiger partial charge in [-0.3, -0.25) is 4.79 Å². The van der Waals surface area contributed by atoms with Gasteiger partial charge in [0.2, 0.25) is 41.0 Å². The molecular weight excluding hydrogens is 584 g/mol. The van der Waals surface area contributed by atoms with Crippen LogP contribution in [-0.4, -0.2) is 125 Å². The Hall–Kier alpha value is -3.91. The molecule has 17 nitrogen and oxygen atoms in total. The standard InChI is InChI=1S/C26H28O17/c27-5-10-13(31)16(34)19(37)26(40-10)43-24-20(38)23(42-25-18(36)12(30)9(29)6-39-25)15(33)11-14(32)17(35)21(41-22(11)24)7-1-3-8(28)4-2-7/h1-4,9-10,12-13,16,18-19,25-31,33-38H,5-6H2/t9-,10-,12+,13-,16+,18-,19-,25?,26?/m1/s1. The van der Waals surface area contributed by atoms with Gasteiger partial charge in [0.25, 0.3) is 0 Å². The van der Waals surface area contributed by atoms with Crippen LogP contribution < -0.4 is 14.9 Å². The molecule has 2 aromatic carbocycles. The van der Waals surface area contributed by atoms with Crippen molar-refractivity contribution in [1.82, 2.24) is 0 Å². The van der Waals surface area contributed by atoms with Gasteiger partial charge < -0.3 is 79.5 Å². The number of hydrogen-bond acceptors (Lipinski definition) is 17. The molecule has 0 aliphatic carbocycles. The van der Waals surface area contributed by atoms with Crippen molar-refractivity contribution in [2.24, 2.45) is 0 Å². The molecule has 3 heterocycles. The number of rotatable bonds is 6. The van der Waals surface area contributed by atoms with Crippen LogP contribution in [0.2, 0.25) is 0 Å². The van der Waals surface area contributed by atoms with Crippen molar-refractivity contribution >= 4 is 11.0 Å². The van der Waals surface area contributed by atoms with Crippen LogP contribution in [0.15, 0.2) is 33.5 Å². The molecule has 43 heavy (non-hydrogen) atoms. The van der Waals surface area contributed by atoms with Crippen LogP contribution in [0.1, 0.15) is 0 Å². The number of phenols is 3. The van der Waals surface area contributed by atoms with Crippen molar-refractivity contribution in [3.8, 4) is 45.8 Å². The van der Waals surface area contributed by atoms with Gasteiger partial charge in [0.1, 0.15) is 53.9 Å². The molecular formula is C26H28O17. The Bertz CT molecular complexity index is 1540. The fourth-order valence-corrected chi connectivity index (χ4v) is 4.65. The first-order valence-electron chi connectivity index (χ1n) is 12.7. The molecule has 2 aliphatic heterocycles. The van der Waals surface area contributed by atoms with Gasteiger partial charge >= 0.3 is 0 Å². The second-order valence-corrected chi connectivity index (χ2v) is 9.90. The number of hydrogen-bond donors (Lipinski definition) is 11. The highest BCUT2D eigenvalue weighted by molar-refractivity contribution is 5.96. The van der Waals surface area contributed by atoms with E-state index in [1.165, 1.54) is 24.3 Å². The molecule has 0 saturated carbocycles. The van der Waals surface area contributed by atoms with Gasteiger partial charge in [0, 0.05) is 5.56 Å². The lowest BCUT2D eigenvalue weighted by Crippen LogP contribution is -2.60. The van der Waals surface area contributed by atoms with E-state index in [2.05, 4.69) is 0 Å². The summed E-state index contributed by atoms with van der Waals surface area (Å²) in [5, 5.41) is 112. The van der Waals surface area contributed by atoms with E-state index in [1.807, 2.05) is 0 Å². The van der Waals surface area contributed by atoms with E-state index in [-0.39, 0.29) is 11.3 Å². The molecule has 9 atom stereocenters. The van der Waals surface area contributed by atoms with E-state index in [0.717, 1.165) is 0 Å². The third kappa shape index (κ3) is 5.26. The quantitative estimate of drug-likeness (QED) is 0.135. The highest BCUT2D eigenvalue weighted by Crippen LogP contribution is 2.52. The average Bonchev–Trinajstić information content (AvgIpc) is 2.99. The lowest BCUT2D eigenvalue weighted by molar-refractivity contribution is -0.277. The van der Waals surface area contributed by atoms with Crippen molar-refractivity contribution in [3.05, 3.63) is 34.5 Å². The van der Waals surface area contributed by atoms with Gasteiger partial charge in [0.05, 0.1) is 13.2 Å². The second-order valence-electron chi connectivity index (χ2n) is 9.90. The summed E-state index contributed by atoms with van der Waals surface area (Å²) in [6.45, 7) is -1.40. The SMILES string of the molecule is O=c1c(O)c(-c2ccc(O)cc2)oc2c(OC3O[C@H](CO)[C@@H](O)[C@H](O)[C@H]3O)c(O)c(OC3OC[C@@H](O)[C@H](O)[C@H]3O)c(O)c12. The predicted octanol–water partition coefficient (Wildman–Crippen LogP) is -2.72. The summed E-state index contributed by atoms with van der Waals surface area (Å²) >= 11 is 0. The van der Waals surface area contributed by atoms with Gasteiger partial charge in [-0.1, -0.05) is 0 Å². The largest absolute Gasteiger partial charge is 0.508 e. The maximum atomic E-state index is 13.4. The van der Waals surface area contributed by atoms with E-state index in [4.69, 9.17) is 23.4 Å². The normalized spacial score (nSPS) is 31.2. The molecule has 5 rings (SSSR count). The van der Waals surface area contributed by atoms with Crippen LogP contribution in [0.25, 0.3) is 22.3 Å². The molecule has 2 unspecified atom stereocenters. The van der Waals surface area contributed by atoms with Crippen molar-refractivity contribution in [1.29, 1.82) is 0 Å². The summed E-state index contributed by atoms with van der Waals surface area (Å²) in [6.07, 6.45) is -16.2. The monoisotopic (exact) mass is 612 g/mol. The third-order valence-corrected chi connectivity index (χ3v) is 7.08. The number of benzene rings is 2. The van der Waals surface area contributed by atoms with E-state index in [9.17, 15) is 61.0 Å². The number of aliphatic hydroxyl groups is 7. The zero-order chi connectivity index (χ0) is 31.3. The smallest absolute Gasteiger partial charge is 0.239 e. The van der Waals surface area contributed by atoms with Crippen LogP contribution in [0.3, 0.4) is 0 Å². The van der Waals surface area contributed by atoms with Crippen molar-refractivity contribution in [3.63, 3.8) is 0 Å². The molecule has 2 fully saturated rings. The number of phenolic OH excluding ortho intramolecular Hbond substituents is 3. The summed E-state index contributed by atoms with van der Waals surface area (Å²) in [4.78, 5) is 13.4. The van der Waals surface area contributed by atoms with Crippen molar-refractivity contribution in [2.45, 2.75) is 55.3 Å². The van der Waals surface area contributed by atoms with Crippen LogP contribution in [-0.2, 0) is 9.47 Å². The molecule has 0 amide bonds. The Morgan fingerprint density at radius 3 is 2.02 bits per heavy atom. The highest BCUT2D eigenvalue weighted by Gasteiger charge is 2.46. The number of aliphatic hydroxyl groups excluding tert-OH is 7. The molecule has 0 bridgehead atoms. The Kier molecular flexibility index (Phi) is 8.27. The summed E-state index contributed by atoms with van der Waals surface area (Å²) < 4.78 is 27.1. The minimum absolute atomic E-state index is 0.0404. The van der Waals surface area contributed by atoms with Gasteiger partial charge in [-0.15, -0.1) is 0 Å².